The smallest absolute Gasteiger partial charge is 0.314 e. The quantitative estimate of drug-likeness (QED) is 0.323. The van der Waals surface area contributed by atoms with Crippen LogP contribution in [0.4, 0.5) is 10.1 Å². The van der Waals surface area contributed by atoms with Gasteiger partial charge in [0.15, 0.2) is 6.29 Å². The number of aromatic hydroxyl groups is 1. The fourth-order valence-corrected chi connectivity index (χ4v) is 0.927. The first kappa shape index (κ1) is 10.7. The van der Waals surface area contributed by atoms with Crippen molar-refractivity contribution in [2.24, 2.45) is 0 Å². The second-order valence-electron chi connectivity index (χ2n) is 2.47. The number of nitro benzene ring substituents is 1. The molecule has 1 N–H and O–H groups in total. The Morgan fingerprint density at radius 3 is 2.73 bits per heavy atom. The van der Waals surface area contributed by atoms with Crippen LogP contribution in [0.2, 0.25) is 0 Å². The predicted octanol–water partition coefficient (Wildman–Crippen LogP) is 0.990. The molecule has 1 aromatic rings. The normalized spacial score (nSPS) is 8.87. The maximum Gasteiger partial charge on any atom is 0.314 e. The topological polar surface area (TPSA) is 80.4 Å². The van der Waals surface area contributed by atoms with Crippen molar-refractivity contribution in [2.45, 2.75) is 0 Å². The Morgan fingerprint density at radius 1 is 1.53 bits per heavy atom. The molecular weight excluding hydrogens is 205 g/mol. The lowest BCUT2D eigenvalue weighted by molar-refractivity contribution is -0.386. The van der Waals surface area contributed by atoms with Crippen LogP contribution in [-0.2, 0) is 4.79 Å². The Labute approximate surface area is 83.3 Å². The fraction of sp³-hybridized carbons (Fsp3) is 0. The highest BCUT2D eigenvalue weighted by molar-refractivity contribution is 5.75. The molecule has 0 bridgehead atoms. The van der Waals surface area contributed by atoms with Crippen molar-refractivity contribution in [1.29, 1.82) is 0 Å². The first-order valence-electron chi connectivity index (χ1n) is 3.68. The Balaban J connectivity index is 3.40. The largest absolute Gasteiger partial charge is 0.501 e. The fourth-order valence-electron chi connectivity index (χ4n) is 0.927. The van der Waals surface area contributed by atoms with Crippen molar-refractivity contribution in [3.63, 3.8) is 0 Å². The monoisotopic (exact) mass is 209 g/mol. The van der Waals surface area contributed by atoms with E-state index in [1.807, 2.05) is 5.92 Å². The summed E-state index contributed by atoms with van der Waals surface area (Å²) in [5.41, 5.74) is -1.08. The molecule has 0 aliphatic heterocycles. The number of aldehydes is 1. The molecular formula is C9H4FNO4. The summed E-state index contributed by atoms with van der Waals surface area (Å²) < 4.78 is 12.8. The van der Waals surface area contributed by atoms with E-state index >= 15 is 0 Å². The van der Waals surface area contributed by atoms with Crippen LogP contribution >= 0.6 is 0 Å². The number of nitro groups is 1. The molecule has 0 spiro atoms. The van der Waals surface area contributed by atoms with Crippen molar-refractivity contribution in [3.8, 4) is 17.6 Å². The van der Waals surface area contributed by atoms with Crippen molar-refractivity contribution in [2.75, 3.05) is 0 Å². The van der Waals surface area contributed by atoms with E-state index in [1.165, 1.54) is 0 Å². The summed E-state index contributed by atoms with van der Waals surface area (Å²) in [4.78, 5) is 19.3. The average molecular weight is 209 g/mol. The molecule has 0 amide bonds. The van der Waals surface area contributed by atoms with E-state index in [-0.39, 0.29) is 11.8 Å². The van der Waals surface area contributed by atoms with Gasteiger partial charge < -0.3 is 5.11 Å². The number of benzene rings is 1. The number of carbonyl (C=O) groups excluding carboxylic acids is 1. The van der Waals surface area contributed by atoms with Crippen LogP contribution in [0.1, 0.15) is 5.56 Å². The third kappa shape index (κ3) is 2.28. The van der Waals surface area contributed by atoms with Crippen LogP contribution in [0.3, 0.4) is 0 Å². The van der Waals surface area contributed by atoms with Crippen LogP contribution < -0.4 is 0 Å². The van der Waals surface area contributed by atoms with Gasteiger partial charge in [-0.05, 0) is 12.0 Å². The van der Waals surface area contributed by atoms with Gasteiger partial charge in [-0.2, -0.15) is 0 Å². The zero-order valence-corrected chi connectivity index (χ0v) is 7.23. The van der Waals surface area contributed by atoms with E-state index in [9.17, 15) is 24.4 Å². The van der Waals surface area contributed by atoms with Gasteiger partial charge in [0, 0.05) is 0 Å². The van der Waals surface area contributed by atoms with Gasteiger partial charge in [0.25, 0.3) is 0 Å². The van der Waals surface area contributed by atoms with Crippen LogP contribution in [0.15, 0.2) is 12.1 Å². The first-order valence-corrected chi connectivity index (χ1v) is 3.68. The highest BCUT2D eigenvalue weighted by Gasteiger charge is 2.18. The van der Waals surface area contributed by atoms with E-state index in [0.717, 1.165) is 6.07 Å². The molecule has 5 nitrogen and oxygen atoms in total. The molecule has 15 heavy (non-hydrogen) atoms. The number of phenols is 1. The van der Waals surface area contributed by atoms with Crippen LogP contribution in [0.5, 0.6) is 5.75 Å². The third-order valence-corrected chi connectivity index (χ3v) is 1.52. The lowest BCUT2D eigenvalue weighted by Crippen LogP contribution is -1.92. The van der Waals surface area contributed by atoms with Gasteiger partial charge in [-0.1, -0.05) is 5.92 Å². The molecule has 0 unspecified atom stereocenters. The highest BCUT2D eigenvalue weighted by Crippen LogP contribution is 2.29. The molecule has 0 heterocycles. The molecule has 0 aliphatic carbocycles. The summed E-state index contributed by atoms with van der Waals surface area (Å²) in [6.45, 7) is 0. The van der Waals surface area contributed by atoms with E-state index in [2.05, 4.69) is 5.92 Å². The van der Waals surface area contributed by atoms with Crippen LogP contribution in [0, 0.1) is 27.8 Å². The van der Waals surface area contributed by atoms with Crippen molar-refractivity contribution >= 4 is 12.0 Å². The minimum atomic E-state index is -0.940. The molecule has 0 saturated heterocycles. The summed E-state index contributed by atoms with van der Waals surface area (Å²) in [5.74, 6) is 2.34. The van der Waals surface area contributed by atoms with Gasteiger partial charge in [-0.3, -0.25) is 14.9 Å². The molecule has 0 saturated carbocycles. The minimum Gasteiger partial charge on any atom is -0.501 e. The lowest BCUT2D eigenvalue weighted by atomic mass is 10.1. The van der Waals surface area contributed by atoms with Gasteiger partial charge in [0.2, 0.25) is 5.75 Å². The molecule has 0 fully saturated rings. The molecule has 76 valence electrons. The van der Waals surface area contributed by atoms with Gasteiger partial charge in [-0.15, -0.1) is 0 Å². The number of phenolic OH excluding ortho intramolecular Hbond substituents is 1. The van der Waals surface area contributed by atoms with Gasteiger partial charge in [0.05, 0.1) is 16.6 Å². The Hall–Kier alpha value is -2.42. The number of halogens is 1. The Bertz CT molecular complexity index is 487. The Kier molecular flexibility index (Phi) is 2.98. The zero-order chi connectivity index (χ0) is 11.4. The molecule has 0 aliphatic rings. The summed E-state index contributed by atoms with van der Waals surface area (Å²) in [6.07, 6.45) is 0.232. The lowest BCUT2D eigenvalue weighted by Gasteiger charge is -1.98. The van der Waals surface area contributed by atoms with E-state index in [0.29, 0.717) is 6.07 Å². The van der Waals surface area contributed by atoms with Gasteiger partial charge in [-0.25, -0.2) is 4.39 Å². The van der Waals surface area contributed by atoms with E-state index in [4.69, 9.17) is 0 Å². The molecule has 6 heteroatoms. The maximum absolute atomic E-state index is 12.8. The van der Waals surface area contributed by atoms with Gasteiger partial charge in [0.1, 0.15) is 5.82 Å². The summed E-state index contributed by atoms with van der Waals surface area (Å²) in [5, 5.41) is 19.6. The second-order valence-corrected chi connectivity index (χ2v) is 2.47. The highest BCUT2D eigenvalue weighted by atomic mass is 19.1. The van der Waals surface area contributed by atoms with E-state index < -0.39 is 22.2 Å². The SMILES string of the molecule is O=CC#Cc1cc(F)cc([N+](=O)[O-])c1O. The van der Waals surface area contributed by atoms with Crippen LogP contribution in [-0.4, -0.2) is 16.3 Å². The predicted molar refractivity (Wildman–Crippen MR) is 47.7 cm³/mol. The minimum absolute atomic E-state index is 0.232. The molecule has 1 rings (SSSR count). The molecule has 1 aromatic carbocycles. The van der Waals surface area contributed by atoms with Crippen molar-refractivity contribution in [1.82, 2.24) is 0 Å². The summed E-state index contributed by atoms with van der Waals surface area (Å²) in [7, 11) is 0. The number of nitrogens with zero attached hydrogens (tertiary/aromatic N) is 1. The number of rotatable bonds is 1. The zero-order valence-electron chi connectivity index (χ0n) is 7.23. The van der Waals surface area contributed by atoms with Crippen LogP contribution in [0.25, 0.3) is 0 Å². The van der Waals surface area contributed by atoms with E-state index in [1.54, 1.807) is 0 Å². The average Bonchev–Trinajstić information content (AvgIpc) is 2.18. The summed E-state index contributed by atoms with van der Waals surface area (Å²) >= 11 is 0. The molecule has 0 aromatic heterocycles. The number of hydrogen-bond acceptors (Lipinski definition) is 4. The second kappa shape index (κ2) is 4.19. The molecule has 0 radical (unpaired) electrons. The summed E-state index contributed by atoms with van der Waals surface area (Å²) in [6, 6.07) is 1.38. The maximum atomic E-state index is 12.8. The van der Waals surface area contributed by atoms with Crippen molar-refractivity contribution in [3.05, 3.63) is 33.6 Å². The third-order valence-electron chi connectivity index (χ3n) is 1.52. The number of carbonyl (C=O) groups is 1. The van der Waals surface area contributed by atoms with Gasteiger partial charge >= 0.3 is 5.69 Å². The number of hydrogen-bond donors (Lipinski definition) is 1. The Morgan fingerprint density at radius 2 is 2.20 bits per heavy atom. The first-order chi connectivity index (χ1) is 7.06. The molecule has 0 atom stereocenters. The standard InChI is InChI=1S/C9H4FNO4/c10-7-4-6(2-1-3-12)9(13)8(5-7)11(14)15/h3-5,13H. The van der Waals surface area contributed by atoms with Crippen molar-refractivity contribution < 1.29 is 19.2 Å².